The summed E-state index contributed by atoms with van der Waals surface area (Å²) in [4.78, 5) is 29.0. The number of benzene rings is 1. The van der Waals surface area contributed by atoms with E-state index in [1.165, 1.54) is 22.7 Å². The van der Waals surface area contributed by atoms with Crippen LogP contribution in [0, 0.1) is 0 Å². The Morgan fingerprint density at radius 1 is 1.18 bits per heavy atom. The molecule has 0 saturated heterocycles. The molecule has 9 heteroatoms. The Bertz CT molecular complexity index is 923. The van der Waals surface area contributed by atoms with Gasteiger partial charge >= 0.3 is 5.97 Å². The van der Waals surface area contributed by atoms with Crippen LogP contribution < -0.4 is 15.4 Å². The summed E-state index contributed by atoms with van der Waals surface area (Å²) in [5, 5.41) is 10.1. The zero-order valence-corrected chi connectivity index (χ0v) is 16.9. The van der Waals surface area contributed by atoms with Gasteiger partial charge in [-0.25, -0.2) is 9.78 Å². The van der Waals surface area contributed by atoms with Gasteiger partial charge in [-0.2, -0.15) is 0 Å². The molecule has 0 fully saturated rings. The molecule has 0 spiro atoms. The molecule has 0 radical (unpaired) electrons. The second-order valence-electron chi connectivity index (χ2n) is 5.78. The van der Waals surface area contributed by atoms with E-state index in [1.807, 2.05) is 29.6 Å². The SMILES string of the molecule is COc1ccc(Nc2nc(COC(=O)C(C)NC(=O)c3cccs3)cs2)cc1. The summed E-state index contributed by atoms with van der Waals surface area (Å²) in [5.41, 5.74) is 1.51. The summed E-state index contributed by atoms with van der Waals surface area (Å²) in [6.45, 7) is 1.63. The average molecular weight is 418 g/mol. The number of thiophene rings is 1. The summed E-state index contributed by atoms with van der Waals surface area (Å²) in [6.07, 6.45) is 0. The van der Waals surface area contributed by atoms with E-state index >= 15 is 0 Å². The molecule has 1 unspecified atom stereocenters. The normalized spacial score (nSPS) is 11.5. The van der Waals surface area contributed by atoms with Crippen LogP contribution in [0.1, 0.15) is 22.3 Å². The topological polar surface area (TPSA) is 89.5 Å². The lowest BCUT2D eigenvalue weighted by Gasteiger charge is -2.12. The standard InChI is InChI=1S/C19H19N3O4S2/c1-12(20-17(23)16-4-3-9-27-16)18(24)26-10-14-11-28-19(22-14)21-13-5-7-15(25-2)8-6-13/h3-9,11-12H,10H2,1-2H3,(H,20,23)(H,21,22). The maximum absolute atomic E-state index is 12.1. The van der Waals surface area contributed by atoms with Gasteiger partial charge in [-0.05, 0) is 42.6 Å². The highest BCUT2D eigenvalue weighted by Crippen LogP contribution is 2.23. The van der Waals surface area contributed by atoms with Gasteiger partial charge in [0.25, 0.3) is 5.91 Å². The van der Waals surface area contributed by atoms with E-state index in [9.17, 15) is 9.59 Å². The third-order valence-corrected chi connectivity index (χ3v) is 5.38. The Morgan fingerprint density at radius 3 is 2.64 bits per heavy atom. The molecule has 28 heavy (non-hydrogen) atoms. The number of amides is 1. The Labute approximate surface area is 170 Å². The van der Waals surface area contributed by atoms with Crippen molar-refractivity contribution in [2.24, 2.45) is 0 Å². The molecule has 0 aliphatic rings. The van der Waals surface area contributed by atoms with Crippen molar-refractivity contribution in [2.45, 2.75) is 19.6 Å². The highest BCUT2D eigenvalue weighted by molar-refractivity contribution is 7.13. The summed E-state index contributed by atoms with van der Waals surface area (Å²) >= 11 is 2.72. The largest absolute Gasteiger partial charge is 0.497 e. The molecule has 0 aliphatic heterocycles. The lowest BCUT2D eigenvalue weighted by molar-refractivity contribution is -0.146. The minimum absolute atomic E-state index is 0.0405. The molecule has 0 aliphatic carbocycles. The Hall–Kier alpha value is -2.91. The Morgan fingerprint density at radius 2 is 1.96 bits per heavy atom. The molecule has 146 valence electrons. The molecule has 2 aromatic heterocycles. The van der Waals surface area contributed by atoms with Gasteiger partial charge in [0, 0.05) is 11.1 Å². The van der Waals surface area contributed by atoms with Crippen LogP contribution in [-0.4, -0.2) is 30.0 Å². The van der Waals surface area contributed by atoms with E-state index in [0.29, 0.717) is 15.7 Å². The first-order chi connectivity index (χ1) is 13.5. The first kappa shape index (κ1) is 19.8. The highest BCUT2D eigenvalue weighted by atomic mass is 32.1. The zero-order chi connectivity index (χ0) is 19.9. The number of aromatic nitrogens is 1. The van der Waals surface area contributed by atoms with Gasteiger partial charge in [0.05, 0.1) is 17.7 Å². The predicted molar refractivity (Wildman–Crippen MR) is 109 cm³/mol. The van der Waals surface area contributed by atoms with Crippen molar-refractivity contribution in [2.75, 3.05) is 12.4 Å². The van der Waals surface area contributed by atoms with E-state index in [2.05, 4.69) is 15.6 Å². The van der Waals surface area contributed by atoms with Crippen LogP contribution in [0.3, 0.4) is 0 Å². The van der Waals surface area contributed by atoms with Crippen molar-refractivity contribution in [1.29, 1.82) is 0 Å². The van der Waals surface area contributed by atoms with Crippen molar-refractivity contribution in [1.82, 2.24) is 10.3 Å². The number of esters is 1. The van der Waals surface area contributed by atoms with Crippen LogP contribution in [-0.2, 0) is 16.1 Å². The Balaban J connectivity index is 1.47. The van der Waals surface area contributed by atoms with Gasteiger partial charge in [0.2, 0.25) is 0 Å². The van der Waals surface area contributed by atoms with Crippen LogP contribution >= 0.6 is 22.7 Å². The molecule has 1 atom stereocenters. The number of hydrogen-bond donors (Lipinski definition) is 2. The van der Waals surface area contributed by atoms with E-state index in [1.54, 1.807) is 31.5 Å². The lowest BCUT2D eigenvalue weighted by Crippen LogP contribution is -2.39. The van der Waals surface area contributed by atoms with Crippen LogP contribution in [0.4, 0.5) is 10.8 Å². The van der Waals surface area contributed by atoms with E-state index in [4.69, 9.17) is 9.47 Å². The van der Waals surface area contributed by atoms with Crippen LogP contribution in [0.2, 0.25) is 0 Å². The van der Waals surface area contributed by atoms with Gasteiger partial charge < -0.3 is 20.1 Å². The molecule has 1 amide bonds. The van der Waals surface area contributed by atoms with Crippen molar-refractivity contribution < 1.29 is 19.1 Å². The maximum atomic E-state index is 12.1. The average Bonchev–Trinajstić information content (AvgIpc) is 3.39. The number of carbonyl (C=O) groups is 2. The fraction of sp³-hybridized carbons (Fsp3) is 0.211. The molecule has 3 aromatic rings. The molecular formula is C19H19N3O4S2. The third-order valence-electron chi connectivity index (χ3n) is 3.70. The van der Waals surface area contributed by atoms with Gasteiger partial charge in [-0.15, -0.1) is 22.7 Å². The van der Waals surface area contributed by atoms with Gasteiger partial charge in [-0.3, -0.25) is 4.79 Å². The van der Waals surface area contributed by atoms with E-state index in [-0.39, 0.29) is 12.5 Å². The number of rotatable bonds is 8. The van der Waals surface area contributed by atoms with Crippen molar-refractivity contribution >= 4 is 45.4 Å². The summed E-state index contributed by atoms with van der Waals surface area (Å²) in [6, 6.07) is 10.2. The molecule has 2 heterocycles. The number of ether oxygens (including phenoxy) is 2. The van der Waals surface area contributed by atoms with Crippen LogP contribution in [0.5, 0.6) is 5.75 Å². The molecule has 1 aromatic carbocycles. The summed E-state index contributed by atoms with van der Waals surface area (Å²) < 4.78 is 10.4. The van der Waals surface area contributed by atoms with Crippen LogP contribution in [0.15, 0.2) is 47.2 Å². The van der Waals surface area contributed by atoms with Crippen molar-refractivity contribution in [3.8, 4) is 5.75 Å². The molecule has 0 bridgehead atoms. The number of anilines is 2. The fourth-order valence-corrected chi connectivity index (χ4v) is 3.58. The molecule has 2 N–H and O–H groups in total. The van der Waals surface area contributed by atoms with Crippen molar-refractivity contribution in [3.05, 3.63) is 57.7 Å². The smallest absolute Gasteiger partial charge is 0.328 e. The second kappa shape index (κ2) is 9.34. The monoisotopic (exact) mass is 417 g/mol. The molecule has 3 rings (SSSR count). The lowest BCUT2D eigenvalue weighted by atomic mass is 10.3. The molecule has 7 nitrogen and oxygen atoms in total. The number of thiazole rings is 1. The molecular weight excluding hydrogens is 398 g/mol. The first-order valence-corrected chi connectivity index (χ1v) is 10.2. The zero-order valence-electron chi connectivity index (χ0n) is 15.3. The first-order valence-electron chi connectivity index (χ1n) is 8.41. The quantitative estimate of drug-likeness (QED) is 0.542. The minimum Gasteiger partial charge on any atom is -0.497 e. The van der Waals surface area contributed by atoms with E-state index < -0.39 is 12.0 Å². The minimum atomic E-state index is -0.745. The number of hydrogen-bond acceptors (Lipinski definition) is 8. The summed E-state index contributed by atoms with van der Waals surface area (Å²) in [5.74, 6) is -0.0285. The van der Waals surface area contributed by atoms with Gasteiger partial charge in [0.1, 0.15) is 18.4 Å². The number of nitrogens with one attached hydrogen (secondary N) is 2. The van der Waals surface area contributed by atoms with Gasteiger partial charge in [0.15, 0.2) is 5.13 Å². The van der Waals surface area contributed by atoms with Crippen molar-refractivity contribution in [3.63, 3.8) is 0 Å². The highest BCUT2D eigenvalue weighted by Gasteiger charge is 2.19. The number of nitrogens with zero attached hydrogens (tertiary/aromatic N) is 1. The number of carbonyl (C=O) groups excluding carboxylic acids is 2. The molecule has 0 saturated carbocycles. The maximum Gasteiger partial charge on any atom is 0.328 e. The predicted octanol–water partition coefficient (Wildman–Crippen LogP) is 3.82. The van der Waals surface area contributed by atoms with E-state index in [0.717, 1.165) is 11.4 Å². The van der Waals surface area contributed by atoms with Crippen LogP contribution in [0.25, 0.3) is 0 Å². The summed E-state index contributed by atoms with van der Waals surface area (Å²) in [7, 11) is 1.62. The Kier molecular flexibility index (Phi) is 6.62. The van der Waals surface area contributed by atoms with Gasteiger partial charge in [-0.1, -0.05) is 6.07 Å². The fourth-order valence-electron chi connectivity index (χ4n) is 2.23. The second-order valence-corrected chi connectivity index (χ2v) is 7.58. The number of methoxy groups -OCH3 is 1. The third kappa shape index (κ3) is 5.30.